The molecule has 1 heterocycles. The number of anilines is 1. The molecule has 0 unspecified atom stereocenters. The minimum Gasteiger partial charge on any atom is -0.465 e. The van der Waals surface area contributed by atoms with Crippen LogP contribution in [-0.4, -0.2) is 30.9 Å². The monoisotopic (exact) mass is 346 g/mol. The van der Waals surface area contributed by atoms with Crippen molar-refractivity contribution >= 4 is 34.8 Å². The zero-order valence-corrected chi connectivity index (χ0v) is 14.2. The molecule has 2 amide bonds. The van der Waals surface area contributed by atoms with E-state index < -0.39 is 17.8 Å². The second kappa shape index (κ2) is 8.26. The summed E-state index contributed by atoms with van der Waals surface area (Å²) in [5.74, 6) is -1.91. The van der Waals surface area contributed by atoms with Crippen molar-refractivity contribution in [3.8, 4) is 0 Å². The van der Waals surface area contributed by atoms with Crippen molar-refractivity contribution in [1.82, 2.24) is 5.32 Å². The molecule has 0 bridgehead atoms. The summed E-state index contributed by atoms with van der Waals surface area (Å²) >= 11 is 1.61. The standard InChI is InChI=1S/C17H18N2O4S/c1-11(10-14-4-3-9-24-14)18-15(20)16(21)19-13-7-5-12(6-8-13)17(22)23-2/h3-9,11H,10H2,1-2H3,(H,18,20)(H,19,21)/t11-/m0/s1. The molecule has 24 heavy (non-hydrogen) atoms. The lowest BCUT2D eigenvalue weighted by Gasteiger charge is -2.13. The second-order valence-corrected chi connectivity index (χ2v) is 6.21. The Morgan fingerprint density at radius 1 is 1.12 bits per heavy atom. The number of carbonyl (C=O) groups is 3. The smallest absolute Gasteiger partial charge is 0.337 e. The maximum absolute atomic E-state index is 11.9. The highest BCUT2D eigenvalue weighted by atomic mass is 32.1. The van der Waals surface area contributed by atoms with Gasteiger partial charge in [0.1, 0.15) is 0 Å². The van der Waals surface area contributed by atoms with Crippen molar-refractivity contribution in [2.24, 2.45) is 0 Å². The van der Waals surface area contributed by atoms with Crippen LogP contribution in [0.3, 0.4) is 0 Å². The van der Waals surface area contributed by atoms with E-state index in [2.05, 4.69) is 15.4 Å². The van der Waals surface area contributed by atoms with Crippen LogP contribution in [0.15, 0.2) is 41.8 Å². The van der Waals surface area contributed by atoms with Crippen molar-refractivity contribution < 1.29 is 19.1 Å². The van der Waals surface area contributed by atoms with Crippen LogP contribution in [0.2, 0.25) is 0 Å². The predicted octanol–water partition coefficient (Wildman–Crippen LogP) is 2.22. The van der Waals surface area contributed by atoms with Crippen LogP contribution >= 0.6 is 11.3 Å². The molecule has 7 heteroatoms. The zero-order valence-electron chi connectivity index (χ0n) is 13.4. The topological polar surface area (TPSA) is 84.5 Å². The Kier molecular flexibility index (Phi) is 6.08. The van der Waals surface area contributed by atoms with E-state index in [-0.39, 0.29) is 6.04 Å². The highest BCUT2D eigenvalue weighted by Crippen LogP contribution is 2.12. The molecular formula is C17H18N2O4S. The molecule has 6 nitrogen and oxygen atoms in total. The molecule has 0 spiro atoms. The Bertz CT molecular complexity index is 711. The number of methoxy groups -OCH3 is 1. The van der Waals surface area contributed by atoms with E-state index in [0.29, 0.717) is 17.7 Å². The number of rotatable bonds is 5. The van der Waals surface area contributed by atoms with Gasteiger partial charge in [-0.25, -0.2) is 4.79 Å². The van der Waals surface area contributed by atoms with Crippen LogP contribution in [-0.2, 0) is 20.7 Å². The average Bonchev–Trinajstić information content (AvgIpc) is 3.07. The molecule has 1 aromatic heterocycles. The lowest BCUT2D eigenvalue weighted by Crippen LogP contribution is -2.41. The summed E-state index contributed by atoms with van der Waals surface area (Å²) in [5.41, 5.74) is 0.790. The number of nitrogens with one attached hydrogen (secondary N) is 2. The van der Waals surface area contributed by atoms with Gasteiger partial charge in [0.25, 0.3) is 0 Å². The molecule has 0 aliphatic carbocycles. The summed E-state index contributed by atoms with van der Waals surface area (Å²) in [4.78, 5) is 36.3. The van der Waals surface area contributed by atoms with E-state index >= 15 is 0 Å². The van der Waals surface area contributed by atoms with E-state index in [1.54, 1.807) is 11.3 Å². The first-order valence-corrected chi connectivity index (χ1v) is 8.20. The Labute approximate surface area is 143 Å². The number of hydrogen-bond donors (Lipinski definition) is 2. The van der Waals surface area contributed by atoms with Crippen LogP contribution in [0, 0.1) is 0 Å². The van der Waals surface area contributed by atoms with Gasteiger partial charge in [-0.05, 0) is 42.6 Å². The number of carbonyl (C=O) groups excluding carboxylic acids is 3. The number of ether oxygens (including phenoxy) is 1. The molecule has 126 valence electrons. The average molecular weight is 346 g/mol. The molecule has 0 saturated heterocycles. The molecule has 2 aromatic rings. The minimum atomic E-state index is -0.751. The van der Waals surface area contributed by atoms with Crippen molar-refractivity contribution in [1.29, 1.82) is 0 Å². The van der Waals surface area contributed by atoms with Gasteiger partial charge in [-0.1, -0.05) is 6.07 Å². The summed E-state index contributed by atoms with van der Waals surface area (Å²) in [6.07, 6.45) is 0.671. The highest BCUT2D eigenvalue weighted by Gasteiger charge is 2.17. The molecule has 0 aliphatic heterocycles. The second-order valence-electron chi connectivity index (χ2n) is 5.18. The van der Waals surface area contributed by atoms with Gasteiger partial charge in [-0.2, -0.15) is 0 Å². The van der Waals surface area contributed by atoms with E-state index in [0.717, 1.165) is 4.88 Å². The van der Waals surface area contributed by atoms with Crippen molar-refractivity contribution in [2.75, 3.05) is 12.4 Å². The molecule has 1 atom stereocenters. The first kappa shape index (κ1) is 17.7. The summed E-state index contributed by atoms with van der Waals surface area (Å²) in [6.45, 7) is 1.84. The first-order chi connectivity index (χ1) is 11.5. The van der Waals surface area contributed by atoms with Crippen LogP contribution in [0.5, 0.6) is 0 Å². The minimum absolute atomic E-state index is 0.149. The van der Waals surface area contributed by atoms with E-state index in [4.69, 9.17) is 0 Å². The maximum atomic E-state index is 11.9. The molecule has 0 fully saturated rings. The number of hydrogen-bond acceptors (Lipinski definition) is 5. The van der Waals surface area contributed by atoms with Gasteiger partial charge >= 0.3 is 17.8 Å². The number of esters is 1. The third-order valence-electron chi connectivity index (χ3n) is 3.24. The quantitative estimate of drug-likeness (QED) is 0.642. The Hall–Kier alpha value is -2.67. The number of amides is 2. The summed E-state index contributed by atoms with van der Waals surface area (Å²) in [7, 11) is 1.29. The fourth-order valence-corrected chi connectivity index (χ4v) is 2.90. The van der Waals surface area contributed by atoms with Crippen LogP contribution < -0.4 is 10.6 Å². The van der Waals surface area contributed by atoms with Crippen molar-refractivity contribution in [3.63, 3.8) is 0 Å². The van der Waals surface area contributed by atoms with Gasteiger partial charge in [0.15, 0.2) is 0 Å². The van der Waals surface area contributed by atoms with E-state index in [1.165, 1.54) is 31.4 Å². The Morgan fingerprint density at radius 2 is 1.83 bits per heavy atom. The molecule has 1 aromatic carbocycles. The van der Waals surface area contributed by atoms with Crippen LogP contribution in [0.4, 0.5) is 5.69 Å². The highest BCUT2D eigenvalue weighted by molar-refractivity contribution is 7.09. The fraction of sp³-hybridized carbons (Fsp3) is 0.235. The molecule has 0 radical (unpaired) electrons. The normalized spacial score (nSPS) is 11.4. The molecule has 2 rings (SSSR count). The van der Waals surface area contributed by atoms with Crippen LogP contribution in [0.1, 0.15) is 22.2 Å². The van der Waals surface area contributed by atoms with Gasteiger partial charge in [0.2, 0.25) is 0 Å². The lowest BCUT2D eigenvalue weighted by molar-refractivity contribution is -0.136. The Balaban J connectivity index is 1.86. The van der Waals surface area contributed by atoms with Crippen molar-refractivity contribution in [3.05, 3.63) is 52.2 Å². The third kappa shape index (κ3) is 4.92. The van der Waals surface area contributed by atoms with Crippen LogP contribution in [0.25, 0.3) is 0 Å². The van der Waals surface area contributed by atoms with Gasteiger partial charge in [-0.15, -0.1) is 11.3 Å². The van der Waals surface area contributed by atoms with Crippen molar-refractivity contribution in [2.45, 2.75) is 19.4 Å². The Morgan fingerprint density at radius 3 is 2.42 bits per heavy atom. The third-order valence-corrected chi connectivity index (χ3v) is 4.13. The van der Waals surface area contributed by atoms with E-state index in [1.807, 2.05) is 24.4 Å². The largest absolute Gasteiger partial charge is 0.465 e. The molecule has 0 aliphatic rings. The SMILES string of the molecule is COC(=O)c1ccc(NC(=O)C(=O)N[C@@H](C)Cc2cccs2)cc1. The van der Waals surface area contributed by atoms with Gasteiger partial charge < -0.3 is 15.4 Å². The van der Waals surface area contributed by atoms with Gasteiger partial charge in [0, 0.05) is 23.0 Å². The fourth-order valence-electron chi connectivity index (χ4n) is 2.07. The molecular weight excluding hydrogens is 328 g/mol. The summed E-state index contributed by atoms with van der Waals surface area (Å²) in [5, 5.41) is 7.11. The van der Waals surface area contributed by atoms with Gasteiger partial charge in [0.05, 0.1) is 12.7 Å². The maximum Gasteiger partial charge on any atom is 0.337 e. The molecule has 2 N–H and O–H groups in total. The number of thiophene rings is 1. The number of benzene rings is 1. The molecule has 0 saturated carbocycles. The lowest BCUT2D eigenvalue weighted by atomic mass is 10.2. The predicted molar refractivity (Wildman–Crippen MR) is 92.0 cm³/mol. The van der Waals surface area contributed by atoms with E-state index in [9.17, 15) is 14.4 Å². The zero-order chi connectivity index (χ0) is 17.5. The first-order valence-electron chi connectivity index (χ1n) is 7.32. The van der Waals surface area contributed by atoms with Gasteiger partial charge in [-0.3, -0.25) is 9.59 Å². The summed E-state index contributed by atoms with van der Waals surface area (Å²) in [6, 6.07) is 9.87. The summed E-state index contributed by atoms with van der Waals surface area (Å²) < 4.78 is 4.59.